The Labute approximate surface area is 262 Å². The second-order valence-electron chi connectivity index (χ2n) is 10.9. The zero-order valence-corrected chi connectivity index (χ0v) is 24.7. The minimum atomic E-state index is -1.60. The number of anilines is 1. The van der Waals surface area contributed by atoms with Crippen LogP contribution in [-0.4, -0.2) is 36.6 Å². The number of rotatable bonds is 6. The van der Waals surface area contributed by atoms with Crippen molar-refractivity contribution in [3.05, 3.63) is 142 Å². The number of nitro groups is 1. The first-order chi connectivity index (χ1) is 21.3. The highest BCUT2D eigenvalue weighted by Gasteiger charge is 2.75. The summed E-state index contributed by atoms with van der Waals surface area (Å²) >= 11 is 6.77. The molecule has 3 aliphatic heterocycles. The molecule has 0 radical (unpaired) electrons. The first-order valence-electron chi connectivity index (χ1n) is 13.9. The van der Waals surface area contributed by atoms with Gasteiger partial charge in [0, 0.05) is 17.7 Å². The number of para-hydroxylation sites is 1. The third kappa shape index (κ3) is 4.00. The minimum Gasteiger partial charge on any atom is -0.360 e. The average Bonchev–Trinajstić information content (AvgIpc) is 3.54. The maximum Gasteiger partial charge on any atom is 0.290 e. The van der Waals surface area contributed by atoms with Gasteiger partial charge in [0.2, 0.25) is 0 Å². The quantitative estimate of drug-likeness (QED) is 0.166. The third-order valence-corrected chi connectivity index (χ3v) is 10.4. The third-order valence-electron chi connectivity index (χ3n) is 8.53. The molecule has 0 aliphatic carbocycles. The number of nitrogens with zero attached hydrogens (tertiary/aromatic N) is 3. The van der Waals surface area contributed by atoms with Crippen LogP contribution in [0.5, 0.6) is 0 Å². The first-order valence-corrected chi connectivity index (χ1v) is 15.1. The minimum absolute atomic E-state index is 0.0911. The van der Waals surface area contributed by atoms with Crippen LogP contribution in [0.3, 0.4) is 0 Å². The highest BCUT2D eigenvalue weighted by molar-refractivity contribution is 8.17. The standard InChI is InChI=1S/C33H24N4O5S2/c38-29-32(25-13-7-8-14-26(25)35(29)19-21-9-3-1-4-10-21)27(23-11-5-2-6-12-23)33(28(43)34-32)30(39)36(31(40)44-33)20-22-15-17-24(18-16-22)37(41)42/h1-18,27H,19-20H2,(H,34,43)/t27-,32+,33-/m1/s1. The molecule has 2 spiro atoms. The molecular weight excluding hydrogens is 597 g/mol. The topological polar surface area (TPSA) is 113 Å². The van der Waals surface area contributed by atoms with Crippen LogP contribution in [-0.2, 0) is 28.2 Å². The number of nitrogens with one attached hydrogen (secondary N) is 1. The predicted molar refractivity (Wildman–Crippen MR) is 170 cm³/mol. The fourth-order valence-electron chi connectivity index (χ4n) is 6.60. The van der Waals surface area contributed by atoms with Crippen molar-refractivity contribution in [2.45, 2.75) is 29.3 Å². The van der Waals surface area contributed by atoms with Crippen molar-refractivity contribution in [3.8, 4) is 0 Å². The fourth-order valence-corrected chi connectivity index (χ4v) is 8.40. The van der Waals surface area contributed by atoms with Crippen LogP contribution in [0.15, 0.2) is 109 Å². The van der Waals surface area contributed by atoms with E-state index in [1.54, 1.807) is 4.90 Å². The van der Waals surface area contributed by atoms with Crippen molar-refractivity contribution < 1.29 is 19.3 Å². The molecule has 3 aliphatic rings. The Kier molecular flexibility index (Phi) is 6.60. The monoisotopic (exact) mass is 620 g/mol. The van der Waals surface area contributed by atoms with Gasteiger partial charge in [-0.25, -0.2) is 0 Å². The summed E-state index contributed by atoms with van der Waals surface area (Å²) in [7, 11) is 0. The van der Waals surface area contributed by atoms with Gasteiger partial charge >= 0.3 is 0 Å². The van der Waals surface area contributed by atoms with E-state index in [0.717, 1.165) is 22.2 Å². The fraction of sp³-hybridized carbons (Fsp3) is 0.152. The van der Waals surface area contributed by atoms with Gasteiger partial charge in [-0.1, -0.05) is 103 Å². The van der Waals surface area contributed by atoms with E-state index < -0.39 is 32.3 Å². The van der Waals surface area contributed by atoms with Gasteiger partial charge in [-0.15, -0.1) is 0 Å². The molecule has 9 nitrogen and oxygen atoms in total. The zero-order chi connectivity index (χ0) is 30.6. The van der Waals surface area contributed by atoms with Crippen LogP contribution < -0.4 is 10.2 Å². The molecule has 44 heavy (non-hydrogen) atoms. The number of carbonyl (C=O) groups excluding carboxylic acids is 3. The lowest BCUT2D eigenvalue weighted by atomic mass is 9.71. The van der Waals surface area contributed by atoms with E-state index in [-0.39, 0.29) is 23.1 Å². The second-order valence-corrected chi connectivity index (χ2v) is 12.5. The van der Waals surface area contributed by atoms with Crippen molar-refractivity contribution in [1.82, 2.24) is 10.2 Å². The number of thioether (sulfide) groups is 1. The van der Waals surface area contributed by atoms with E-state index >= 15 is 0 Å². The van der Waals surface area contributed by atoms with Gasteiger partial charge in [0.1, 0.15) is 4.99 Å². The normalized spacial score (nSPS) is 24.0. The number of nitro benzene ring substituents is 1. The number of thiocarbonyl (C=S) groups is 1. The number of fused-ring (bicyclic) bond motifs is 2. The molecule has 11 heteroatoms. The molecular formula is C33H24N4O5S2. The van der Waals surface area contributed by atoms with Gasteiger partial charge in [-0.3, -0.25) is 29.4 Å². The molecule has 4 aromatic carbocycles. The van der Waals surface area contributed by atoms with Gasteiger partial charge in [0.05, 0.1) is 29.6 Å². The number of benzene rings is 4. The summed E-state index contributed by atoms with van der Waals surface area (Å²) in [5.74, 6) is -1.65. The van der Waals surface area contributed by atoms with Crippen LogP contribution in [0.25, 0.3) is 0 Å². The zero-order valence-electron chi connectivity index (χ0n) is 23.1. The second kappa shape index (κ2) is 10.4. The molecule has 0 unspecified atom stereocenters. The molecule has 0 saturated carbocycles. The lowest BCUT2D eigenvalue weighted by Crippen LogP contribution is -2.52. The van der Waals surface area contributed by atoms with E-state index in [2.05, 4.69) is 5.32 Å². The van der Waals surface area contributed by atoms with Crippen molar-refractivity contribution in [2.75, 3.05) is 4.90 Å². The number of carbonyl (C=O) groups is 3. The van der Waals surface area contributed by atoms with Crippen LogP contribution >= 0.6 is 24.0 Å². The molecule has 2 fully saturated rings. The highest BCUT2D eigenvalue weighted by atomic mass is 32.2. The van der Waals surface area contributed by atoms with E-state index in [0.29, 0.717) is 28.9 Å². The summed E-state index contributed by atoms with van der Waals surface area (Å²) in [6.45, 7) is 0.222. The highest BCUT2D eigenvalue weighted by Crippen LogP contribution is 2.62. The van der Waals surface area contributed by atoms with Crippen LogP contribution in [0.2, 0.25) is 0 Å². The summed E-state index contributed by atoms with van der Waals surface area (Å²) in [6.07, 6.45) is 0. The average molecular weight is 621 g/mol. The molecule has 1 N–H and O–H groups in total. The molecule has 7 rings (SSSR count). The Morgan fingerprint density at radius 3 is 2.05 bits per heavy atom. The number of imide groups is 1. The molecule has 3 atom stereocenters. The van der Waals surface area contributed by atoms with Gasteiger partial charge in [0.15, 0.2) is 10.3 Å². The van der Waals surface area contributed by atoms with Crippen LogP contribution in [0.4, 0.5) is 16.2 Å². The summed E-state index contributed by atoms with van der Waals surface area (Å²) < 4.78 is -1.60. The first kappa shape index (κ1) is 27.9. The number of non-ortho nitro benzene ring substituents is 1. The molecule has 3 amide bonds. The molecule has 2 saturated heterocycles. The Morgan fingerprint density at radius 2 is 1.36 bits per heavy atom. The Morgan fingerprint density at radius 1 is 0.773 bits per heavy atom. The van der Waals surface area contributed by atoms with E-state index in [9.17, 15) is 24.5 Å². The van der Waals surface area contributed by atoms with Crippen LogP contribution in [0, 0.1) is 10.1 Å². The van der Waals surface area contributed by atoms with Crippen molar-refractivity contribution >= 4 is 57.4 Å². The largest absolute Gasteiger partial charge is 0.360 e. The van der Waals surface area contributed by atoms with Crippen molar-refractivity contribution in [2.24, 2.45) is 0 Å². The number of hydrogen-bond acceptors (Lipinski definition) is 7. The maximum absolute atomic E-state index is 14.8. The maximum atomic E-state index is 14.8. The lowest BCUT2D eigenvalue weighted by molar-refractivity contribution is -0.384. The molecule has 218 valence electrons. The SMILES string of the molecule is O=C1S[C@@]2(C(=O)N1Cc1ccc([N+](=O)[O-])cc1)C(=S)N[C@]1(C(=O)N(Cc3ccccc3)c3ccccc31)[C@H]2c1ccccc1. The van der Waals surface area contributed by atoms with E-state index in [1.807, 2.05) is 84.9 Å². The van der Waals surface area contributed by atoms with Gasteiger partial charge in [-0.05, 0) is 34.5 Å². The van der Waals surface area contributed by atoms with Crippen LogP contribution in [0.1, 0.15) is 28.2 Å². The molecule has 0 bridgehead atoms. The number of amides is 3. The predicted octanol–water partition coefficient (Wildman–Crippen LogP) is 5.69. The van der Waals surface area contributed by atoms with Crippen molar-refractivity contribution in [1.29, 1.82) is 0 Å². The molecule has 0 aromatic heterocycles. The van der Waals surface area contributed by atoms with Gasteiger partial charge < -0.3 is 10.2 Å². The summed E-state index contributed by atoms with van der Waals surface area (Å²) in [4.78, 5) is 56.7. The lowest BCUT2D eigenvalue weighted by Gasteiger charge is -2.35. The van der Waals surface area contributed by atoms with Crippen molar-refractivity contribution in [3.63, 3.8) is 0 Å². The van der Waals surface area contributed by atoms with Gasteiger partial charge in [0.25, 0.3) is 22.7 Å². The summed E-state index contributed by atoms with van der Waals surface area (Å²) in [5.41, 5.74) is 2.03. The molecule has 3 heterocycles. The smallest absolute Gasteiger partial charge is 0.290 e. The van der Waals surface area contributed by atoms with Gasteiger partial charge in [-0.2, -0.15) is 0 Å². The number of hydrogen-bond donors (Lipinski definition) is 1. The van der Waals surface area contributed by atoms with E-state index in [4.69, 9.17) is 12.2 Å². The molecule has 4 aromatic rings. The van der Waals surface area contributed by atoms with E-state index in [1.165, 1.54) is 24.3 Å². The Balaban J connectivity index is 1.35. The summed E-state index contributed by atoms with van der Waals surface area (Å²) in [5, 5.41) is 14.0. The Hall–Kier alpha value is -4.87. The Bertz CT molecular complexity index is 1850. The summed E-state index contributed by atoms with van der Waals surface area (Å²) in [6, 6.07) is 32.1.